The Bertz CT molecular complexity index is 523. The minimum absolute atomic E-state index is 0.165. The molecular weight excluding hydrogens is 280 g/mol. The maximum absolute atomic E-state index is 12.2. The molecular formula is C13H20N2O2S2. The zero-order valence-corrected chi connectivity index (χ0v) is 12.6. The van der Waals surface area contributed by atoms with Crippen molar-refractivity contribution in [2.45, 2.75) is 24.3 Å². The van der Waals surface area contributed by atoms with Crippen LogP contribution in [0.25, 0.3) is 0 Å². The summed E-state index contributed by atoms with van der Waals surface area (Å²) < 4.78 is 27.1. The highest BCUT2D eigenvalue weighted by atomic mass is 32.2. The van der Waals surface area contributed by atoms with E-state index in [1.807, 2.05) is 24.8 Å². The molecule has 1 aliphatic rings. The Kier molecular flexibility index (Phi) is 4.89. The number of benzene rings is 1. The number of rotatable bonds is 5. The molecule has 0 saturated carbocycles. The Morgan fingerprint density at radius 2 is 2.32 bits per heavy atom. The predicted molar refractivity (Wildman–Crippen MR) is 79.7 cm³/mol. The van der Waals surface area contributed by atoms with Gasteiger partial charge in [0.2, 0.25) is 10.0 Å². The Balaban J connectivity index is 2.07. The van der Waals surface area contributed by atoms with Crippen molar-refractivity contribution in [1.82, 2.24) is 4.72 Å². The van der Waals surface area contributed by atoms with Gasteiger partial charge in [-0.15, -0.1) is 0 Å². The molecule has 0 aromatic heterocycles. The first kappa shape index (κ1) is 14.8. The number of nitrogens with one attached hydrogen (secondary N) is 1. The van der Waals surface area contributed by atoms with E-state index in [4.69, 9.17) is 5.73 Å². The third-order valence-corrected chi connectivity index (χ3v) is 5.93. The molecule has 1 saturated heterocycles. The normalized spacial score (nSPS) is 21.5. The van der Waals surface area contributed by atoms with Crippen LogP contribution in [0.15, 0.2) is 29.2 Å². The van der Waals surface area contributed by atoms with E-state index in [1.54, 1.807) is 18.2 Å². The molecule has 19 heavy (non-hydrogen) atoms. The van der Waals surface area contributed by atoms with E-state index in [9.17, 15) is 8.42 Å². The van der Waals surface area contributed by atoms with Crippen molar-refractivity contribution in [3.63, 3.8) is 0 Å². The summed E-state index contributed by atoms with van der Waals surface area (Å²) in [6, 6.07) is 6.67. The van der Waals surface area contributed by atoms with E-state index in [0.29, 0.717) is 17.4 Å². The molecule has 3 N–H and O–H groups in total. The number of thioether (sulfide) groups is 1. The zero-order valence-electron chi connectivity index (χ0n) is 11.0. The van der Waals surface area contributed by atoms with Crippen LogP contribution in [0.3, 0.4) is 0 Å². The van der Waals surface area contributed by atoms with E-state index >= 15 is 0 Å². The summed E-state index contributed by atoms with van der Waals surface area (Å²) in [6.45, 7) is 2.37. The second kappa shape index (κ2) is 6.26. The highest BCUT2D eigenvalue weighted by Gasteiger charge is 2.20. The van der Waals surface area contributed by atoms with Gasteiger partial charge < -0.3 is 5.73 Å². The summed E-state index contributed by atoms with van der Waals surface area (Å²) in [5.74, 6) is 2.63. The molecule has 0 amide bonds. The van der Waals surface area contributed by atoms with Gasteiger partial charge in [0.25, 0.3) is 0 Å². The first-order chi connectivity index (χ1) is 8.99. The van der Waals surface area contributed by atoms with Crippen LogP contribution in [0.4, 0.5) is 0 Å². The van der Waals surface area contributed by atoms with Gasteiger partial charge in [0.05, 0.1) is 4.90 Å². The second-order valence-electron chi connectivity index (χ2n) is 4.94. The molecule has 0 radical (unpaired) electrons. The van der Waals surface area contributed by atoms with Gasteiger partial charge in [0.15, 0.2) is 0 Å². The molecule has 1 heterocycles. The molecule has 2 atom stereocenters. The molecule has 1 fully saturated rings. The van der Waals surface area contributed by atoms with Gasteiger partial charge in [0, 0.05) is 12.6 Å². The lowest BCUT2D eigenvalue weighted by molar-refractivity contribution is 0.545. The minimum Gasteiger partial charge on any atom is -0.324 e. The highest BCUT2D eigenvalue weighted by Crippen LogP contribution is 2.23. The second-order valence-corrected chi connectivity index (χ2v) is 7.86. The number of hydrogen-bond acceptors (Lipinski definition) is 4. The maximum atomic E-state index is 12.2. The van der Waals surface area contributed by atoms with E-state index in [0.717, 1.165) is 23.5 Å². The van der Waals surface area contributed by atoms with Crippen molar-refractivity contribution in [1.29, 1.82) is 0 Å². The van der Waals surface area contributed by atoms with Crippen molar-refractivity contribution in [3.8, 4) is 0 Å². The van der Waals surface area contributed by atoms with E-state index < -0.39 is 10.0 Å². The van der Waals surface area contributed by atoms with Crippen LogP contribution in [0, 0.1) is 5.92 Å². The number of sulfonamides is 1. The molecule has 106 valence electrons. The van der Waals surface area contributed by atoms with Crippen molar-refractivity contribution in [3.05, 3.63) is 29.8 Å². The first-order valence-electron chi connectivity index (χ1n) is 6.42. The molecule has 4 nitrogen and oxygen atoms in total. The maximum Gasteiger partial charge on any atom is 0.240 e. The fourth-order valence-electron chi connectivity index (χ4n) is 2.02. The van der Waals surface area contributed by atoms with E-state index in [-0.39, 0.29) is 6.04 Å². The number of hydrogen-bond donors (Lipinski definition) is 2. The lowest BCUT2D eigenvalue weighted by Gasteiger charge is -2.12. The van der Waals surface area contributed by atoms with Crippen LogP contribution >= 0.6 is 11.8 Å². The van der Waals surface area contributed by atoms with Gasteiger partial charge in [-0.25, -0.2) is 13.1 Å². The molecule has 0 aliphatic carbocycles. The first-order valence-corrected chi connectivity index (χ1v) is 9.06. The highest BCUT2D eigenvalue weighted by molar-refractivity contribution is 7.99. The smallest absolute Gasteiger partial charge is 0.240 e. The molecule has 2 unspecified atom stereocenters. The summed E-state index contributed by atoms with van der Waals surface area (Å²) in [6.07, 6.45) is 1.09. The molecule has 0 spiro atoms. The predicted octanol–water partition coefficient (Wildman–Crippen LogP) is 1.74. The van der Waals surface area contributed by atoms with E-state index in [1.165, 1.54) is 0 Å². The Morgan fingerprint density at radius 1 is 1.53 bits per heavy atom. The zero-order chi connectivity index (χ0) is 13.9. The van der Waals surface area contributed by atoms with Crippen LogP contribution in [-0.4, -0.2) is 26.5 Å². The molecule has 1 aliphatic heterocycles. The Morgan fingerprint density at radius 3 is 2.95 bits per heavy atom. The van der Waals surface area contributed by atoms with Gasteiger partial charge >= 0.3 is 0 Å². The van der Waals surface area contributed by atoms with Gasteiger partial charge in [-0.1, -0.05) is 12.1 Å². The summed E-state index contributed by atoms with van der Waals surface area (Å²) in [5, 5.41) is 0. The molecule has 1 aromatic carbocycles. The molecule has 6 heteroatoms. The van der Waals surface area contributed by atoms with Gasteiger partial charge in [-0.3, -0.25) is 0 Å². The SMILES string of the molecule is CC(N)c1cccc(S(=O)(=O)NCC2CCSC2)c1. The molecule has 0 bridgehead atoms. The fraction of sp³-hybridized carbons (Fsp3) is 0.538. The topological polar surface area (TPSA) is 72.2 Å². The van der Waals surface area contributed by atoms with Crippen LogP contribution in [0.1, 0.15) is 24.9 Å². The van der Waals surface area contributed by atoms with Gasteiger partial charge in [-0.05, 0) is 48.5 Å². The molecule has 1 aromatic rings. The summed E-state index contributed by atoms with van der Waals surface area (Å²) in [4.78, 5) is 0.299. The Labute approximate surface area is 119 Å². The summed E-state index contributed by atoms with van der Waals surface area (Å²) >= 11 is 1.88. The quantitative estimate of drug-likeness (QED) is 0.869. The monoisotopic (exact) mass is 300 g/mol. The van der Waals surface area contributed by atoms with E-state index in [2.05, 4.69) is 4.72 Å². The van der Waals surface area contributed by atoms with Gasteiger partial charge in [0.1, 0.15) is 0 Å². The molecule has 2 rings (SSSR count). The van der Waals surface area contributed by atoms with Crippen LogP contribution in [0.5, 0.6) is 0 Å². The van der Waals surface area contributed by atoms with Crippen LogP contribution in [0.2, 0.25) is 0 Å². The summed E-state index contributed by atoms with van der Waals surface area (Å²) in [5.41, 5.74) is 6.61. The van der Waals surface area contributed by atoms with Gasteiger partial charge in [-0.2, -0.15) is 11.8 Å². The lowest BCUT2D eigenvalue weighted by Crippen LogP contribution is -2.29. The summed E-state index contributed by atoms with van der Waals surface area (Å²) in [7, 11) is -3.42. The van der Waals surface area contributed by atoms with Crippen molar-refractivity contribution >= 4 is 21.8 Å². The van der Waals surface area contributed by atoms with Crippen LogP contribution in [-0.2, 0) is 10.0 Å². The van der Waals surface area contributed by atoms with Crippen molar-refractivity contribution in [2.75, 3.05) is 18.1 Å². The minimum atomic E-state index is -3.42. The fourth-order valence-corrected chi connectivity index (χ4v) is 4.48. The Hall–Kier alpha value is -0.560. The lowest BCUT2D eigenvalue weighted by atomic mass is 10.1. The third kappa shape index (κ3) is 3.95. The standard InChI is InChI=1S/C13H20N2O2S2/c1-10(14)12-3-2-4-13(7-12)19(16,17)15-8-11-5-6-18-9-11/h2-4,7,10-11,15H,5-6,8-9,14H2,1H3. The largest absolute Gasteiger partial charge is 0.324 e. The third-order valence-electron chi connectivity index (χ3n) is 3.28. The van der Waals surface area contributed by atoms with Crippen molar-refractivity contribution < 1.29 is 8.42 Å². The number of nitrogens with two attached hydrogens (primary N) is 1. The van der Waals surface area contributed by atoms with Crippen molar-refractivity contribution in [2.24, 2.45) is 11.7 Å². The average Bonchev–Trinajstić information content (AvgIpc) is 2.90. The average molecular weight is 300 g/mol. The van der Waals surface area contributed by atoms with Crippen LogP contribution < -0.4 is 10.5 Å².